The number of urea groups is 1. The second kappa shape index (κ2) is 7.33. The fraction of sp³-hybridized carbons (Fsp3) is 0.706. The summed E-state index contributed by atoms with van der Waals surface area (Å²) in [6, 6.07) is -0.369. The Hall–Kier alpha value is -2.25. The number of carbonyl (C=O) groups is 3. The van der Waals surface area contributed by atoms with Gasteiger partial charge in [0.05, 0.1) is 12.1 Å². The molecule has 1 aliphatic heterocycles. The van der Waals surface area contributed by atoms with Crippen LogP contribution < -0.4 is 5.32 Å². The van der Waals surface area contributed by atoms with E-state index in [2.05, 4.69) is 5.32 Å². The number of hydrogen-bond donors (Lipinski definition) is 3. The van der Waals surface area contributed by atoms with Crippen LogP contribution in [0.5, 0.6) is 0 Å². The molecule has 25 heavy (non-hydrogen) atoms. The molecular formula is C17H29N3O5. The molecule has 8 nitrogen and oxygen atoms in total. The number of aliphatic carboxylic acids is 1. The molecule has 3 N–H and O–H groups in total. The van der Waals surface area contributed by atoms with E-state index in [9.17, 15) is 19.5 Å². The second-order valence-electron chi connectivity index (χ2n) is 7.41. The highest BCUT2D eigenvalue weighted by atomic mass is 16.4. The lowest BCUT2D eigenvalue weighted by Crippen LogP contribution is -2.62. The third-order valence-corrected chi connectivity index (χ3v) is 4.96. The van der Waals surface area contributed by atoms with Gasteiger partial charge in [0.1, 0.15) is 6.54 Å². The lowest BCUT2D eigenvalue weighted by molar-refractivity contribution is -0.137. The molecule has 0 fully saturated rings. The zero-order chi connectivity index (χ0) is 19.6. The predicted molar refractivity (Wildman–Crippen MR) is 93.0 cm³/mol. The number of amides is 3. The van der Waals surface area contributed by atoms with Crippen LogP contribution in [0.4, 0.5) is 4.79 Å². The van der Waals surface area contributed by atoms with Gasteiger partial charge >= 0.3 is 12.0 Å². The van der Waals surface area contributed by atoms with Crippen LogP contribution in [0.2, 0.25) is 0 Å². The number of rotatable bonds is 7. The van der Waals surface area contributed by atoms with Crippen molar-refractivity contribution in [2.45, 2.75) is 65.5 Å². The molecule has 0 aromatic heterocycles. The summed E-state index contributed by atoms with van der Waals surface area (Å²) in [6.45, 7) is 10.6. The molecule has 0 aromatic carbocycles. The van der Waals surface area contributed by atoms with Crippen molar-refractivity contribution >= 4 is 17.9 Å². The van der Waals surface area contributed by atoms with Crippen molar-refractivity contribution in [3.05, 3.63) is 11.5 Å². The molecule has 0 aromatic rings. The van der Waals surface area contributed by atoms with Crippen LogP contribution >= 0.6 is 0 Å². The first kappa shape index (κ1) is 20.8. The summed E-state index contributed by atoms with van der Waals surface area (Å²) in [5.74, 6) is -2.29. The van der Waals surface area contributed by atoms with Gasteiger partial charge in [-0.05, 0) is 40.5 Å². The molecule has 0 radical (unpaired) electrons. The number of hydrogen-bond acceptors (Lipinski definition) is 4. The lowest BCUT2D eigenvalue weighted by Gasteiger charge is -2.48. The molecule has 8 heteroatoms. The van der Waals surface area contributed by atoms with E-state index in [1.807, 2.05) is 27.7 Å². The van der Waals surface area contributed by atoms with E-state index < -0.39 is 35.4 Å². The fourth-order valence-electron chi connectivity index (χ4n) is 2.45. The molecule has 0 bridgehead atoms. The average Bonchev–Trinajstić information content (AvgIpc) is 2.52. The quantitative estimate of drug-likeness (QED) is 0.647. The first-order valence-corrected chi connectivity index (χ1v) is 8.43. The number of carboxylic acid groups (broad SMARTS) is 1. The Bertz CT molecular complexity index is 595. The molecule has 0 saturated carbocycles. The first-order chi connectivity index (χ1) is 11.4. The Morgan fingerprint density at radius 2 is 1.64 bits per heavy atom. The highest BCUT2D eigenvalue weighted by Gasteiger charge is 2.45. The Balaban J connectivity index is 3.38. The van der Waals surface area contributed by atoms with Crippen molar-refractivity contribution in [1.29, 1.82) is 0 Å². The monoisotopic (exact) mass is 355 g/mol. The highest BCUT2D eigenvalue weighted by Crippen LogP contribution is 2.33. The molecule has 0 spiro atoms. The van der Waals surface area contributed by atoms with E-state index in [0.29, 0.717) is 12.8 Å². The normalized spacial score (nSPS) is 16.3. The van der Waals surface area contributed by atoms with Crippen molar-refractivity contribution in [3.8, 4) is 0 Å². The second-order valence-corrected chi connectivity index (χ2v) is 7.41. The minimum Gasteiger partial charge on any atom is -0.494 e. The fourth-order valence-corrected chi connectivity index (χ4v) is 2.45. The molecule has 0 atom stereocenters. The van der Waals surface area contributed by atoms with Gasteiger partial charge in [0, 0.05) is 11.1 Å². The number of nitrogens with zero attached hydrogens (tertiary/aromatic N) is 2. The Morgan fingerprint density at radius 1 is 1.12 bits per heavy atom. The van der Waals surface area contributed by atoms with Crippen molar-refractivity contribution in [3.63, 3.8) is 0 Å². The maximum absolute atomic E-state index is 13.0. The van der Waals surface area contributed by atoms with E-state index in [1.165, 1.54) is 4.90 Å². The third-order valence-electron chi connectivity index (χ3n) is 4.96. The summed E-state index contributed by atoms with van der Waals surface area (Å²) < 4.78 is 0. The summed E-state index contributed by atoms with van der Waals surface area (Å²) in [7, 11) is 0. The summed E-state index contributed by atoms with van der Waals surface area (Å²) in [5, 5.41) is 21.6. The number of carbonyl (C=O) groups excluding carboxylic acids is 2. The smallest absolute Gasteiger partial charge is 0.328 e. The molecule has 1 heterocycles. The third kappa shape index (κ3) is 4.24. The lowest BCUT2D eigenvalue weighted by atomic mass is 9.94. The molecular weight excluding hydrogens is 326 g/mol. The highest BCUT2D eigenvalue weighted by molar-refractivity contribution is 5.98. The van der Waals surface area contributed by atoms with Crippen molar-refractivity contribution in [2.24, 2.45) is 0 Å². The molecule has 142 valence electrons. The summed E-state index contributed by atoms with van der Waals surface area (Å²) in [4.78, 5) is 38.9. The Morgan fingerprint density at radius 3 is 2.08 bits per heavy atom. The van der Waals surface area contributed by atoms with Crippen LogP contribution in [0.3, 0.4) is 0 Å². The van der Waals surface area contributed by atoms with Crippen LogP contribution in [0.25, 0.3) is 0 Å². The van der Waals surface area contributed by atoms with Crippen molar-refractivity contribution < 1.29 is 24.6 Å². The van der Waals surface area contributed by atoms with E-state index in [-0.39, 0.29) is 18.1 Å². The van der Waals surface area contributed by atoms with E-state index in [0.717, 1.165) is 0 Å². The van der Waals surface area contributed by atoms with Gasteiger partial charge in [-0.3, -0.25) is 14.5 Å². The number of aliphatic hydroxyl groups is 1. The first-order valence-electron chi connectivity index (χ1n) is 8.43. The van der Waals surface area contributed by atoms with Crippen LogP contribution in [0, 0.1) is 0 Å². The maximum atomic E-state index is 13.0. The number of aliphatic hydroxyl groups excluding tert-OH is 1. The molecule has 0 unspecified atom stereocenters. The summed E-state index contributed by atoms with van der Waals surface area (Å²) in [6.07, 6.45) is 1.22. The van der Waals surface area contributed by atoms with Gasteiger partial charge in [-0.15, -0.1) is 0 Å². The maximum Gasteiger partial charge on any atom is 0.328 e. The minimum atomic E-state index is -1.18. The zero-order valence-corrected chi connectivity index (χ0v) is 15.8. The van der Waals surface area contributed by atoms with Gasteiger partial charge in [0.25, 0.3) is 5.91 Å². The Labute approximate surface area is 148 Å². The largest absolute Gasteiger partial charge is 0.494 e. The topological polar surface area (TPSA) is 110 Å². The minimum absolute atomic E-state index is 0.0103. The Kier molecular flexibility index (Phi) is 6.09. The molecule has 3 amide bonds. The van der Waals surface area contributed by atoms with Crippen LogP contribution in [-0.4, -0.2) is 62.1 Å². The number of carboxylic acids is 1. The molecule has 1 rings (SSSR count). The van der Waals surface area contributed by atoms with Gasteiger partial charge in [-0.1, -0.05) is 13.8 Å². The summed E-state index contributed by atoms with van der Waals surface area (Å²) in [5.41, 5.74) is -1.25. The van der Waals surface area contributed by atoms with E-state index in [4.69, 9.17) is 5.11 Å². The predicted octanol–water partition coefficient (Wildman–Crippen LogP) is 2.07. The molecule has 0 saturated heterocycles. The molecule has 1 aliphatic rings. The van der Waals surface area contributed by atoms with Gasteiger partial charge in [0.2, 0.25) is 5.88 Å². The van der Waals surface area contributed by atoms with Crippen LogP contribution in [-0.2, 0) is 9.59 Å². The van der Waals surface area contributed by atoms with Crippen LogP contribution in [0.15, 0.2) is 11.5 Å². The molecule has 0 aliphatic carbocycles. The SMILES string of the molecule is CCC(C)(C)N1CC(C(=O)NCC(=O)O)=C(O)N(C(C)(C)CC)C1=O. The van der Waals surface area contributed by atoms with E-state index >= 15 is 0 Å². The van der Waals surface area contributed by atoms with Crippen molar-refractivity contribution in [1.82, 2.24) is 15.1 Å². The number of nitrogens with one attached hydrogen (secondary N) is 1. The summed E-state index contributed by atoms with van der Waals surface area (Å²) >= 11 is 0. The zero-order valence-electron chi connectivity index (χ0n) is 15.8. The standard InChI is InChI=1S/C17H29N3O5/c1-7-16(3,4)19-10-11(13(23)18-9-12(21)22)14(24)20(15(19)25)17(5,6)8-2/h24H,7-10H2,1-6H3,(H,18,23)(H,21,22). The van der Waals surface area contributed by atoms with Gasteiger partial charge in [-0.2, -0.15) is 0 Å². The van der Waals surface area contributed by atoms with Crippen LogP contribution in [0.1, 0.15) is 54.4 Å². The van der Waals surface area contributed by atoms with Gasteiger partial charge in [0.15, 0.2) is 0 Å². The van der Waals surface area contributed by atoms with Crippen molar-refractivity contribution in [2.75, 3.05) is 13.1 Å². The van der Waals surface area contributed by atoms with E-state index in [1.54, 1.807) is 18.7 Å². The van der Waals surface area contributed by atoms with Gasteiger partial charge in [-0.25, -0.2) is 4.79 Å². The van der Waals surface area contributed by atoms with Gasteiger partial charge < -0.3 is 20.4 Å². The average molecular weight is 355 g/mol.